The number of halogens is 11. The number of amides is 3. The summed E-state index contributed by atoms with van der Waals surface area (Å²) < 4.78 is 152. The number of aryl methyl sites for hydroxylation is 2. The molecule has 0 bridgehead atoms. The number of ether oxygens (including phenoxy) is 1. The van der Waals surface area contributed by atoms with Crippen LogP contribution in [-0.2, 0) is 22.3 Å². The van der Waals surface area contributed by atoms with Crippen molar-refractivity contribution in [3.8, 4) is 17.1 Å². The van der Waals surface area contributed by atoms with E-state index < -0.39 is 63.9 Å². The van der Waals surface area contributed by atoms with Gasteiger partial charge in [0, 0.05) is 11.1 Å². The number of thioether (sulfide) groups is 1. The van der Waals surface area contributed by atoms with Crippen molar-refractivity contribution in [2.24, 2.45) is 4.99 Å². The number of aliphatic imine (C=N–C) groups is 1. The molecule has 1 N–H and O–H groups in total. The smallest absolute Gasteiger partial charge is 0.367 e. The molecule has 3 amide bonds. The molecule has 9 nitrogen and oxygen atoms in total. The second-order valence-corrected chi connectivity index (χ2v) is 14.6. The molecule has 3 aromatic carbocycles. The summed E-state index contributed by atoms with van der Waals surface area (Å²) >= 11 is 0.763. The van der Waals surface area contributed by atoms with Gasteiger partial charge < -0.3 is 10.1 Å². The number of aromatic nitrogens is 3. The average Bonchev–Trinajstić information content (AvgIpc) is 3.64. The molecule has 1 saturated heterocycles. The molecule has 1 aromatic heterocycles. The number of hydrogen-bond donors (Lipinski definition) is 1. The molecule has 0 aliphatic carbocycles. The number of nitrogens with one attached hydrogen (secondary N) is 1. The predicted octanol–water partition coefficient (Wildman–Crippen LogP) is 9.97. The number of nitrogens with zero attached hydrogens (tertiary/aromatic N) is 5. The summed E-state index contributed by atoms with van der Waals surface area (Å²) in [6, 6.07) is 5.75. The van der Waals surface area contributed by atoms with Gasteiger partial charge in [-0.25, -0.2) is 14.5 Å². The largest absolute Gasteiger partial charge is 0.418 e. The molecule has 2 heterocycles. The predicted molar refractivity (Wildman–Crippen MR) is 171 cm³/mol. The van der Waals surface area contributed by atoms with Crippen molar-refractivity contribution in [1.29, 1.82) is 0 Å². The maximum absolute atomic E-state index is 14.2. The fraction of sp³-hybridized carbons (Fsp3) is 0.233. The molecule has 0 atom stereocenters. The molecule has 280 valence electrons. The first-order valence-electron chi connectivity index (χ1n) is 14.4. The van der Waals surface area contributed by atoms with E-state index in [1.54, 1.807) is 13.8 Å². The van der Waals surface area contributed by atoms with Crippen LogP contribution in [0.1, 0.15) is 22.3 Å². The number of carbonyl (C=O) groups is 2. The minimum absolute atomic E-state index is 0.0645. The summed E-state index contributed by atoms with van der Waals surface area (Å²) in [7, 11) is -9.95. The minimum atomic E-state index is -9.95. The Balaban J connectivity index is 1.40. The van der Waals surface area contributed by atoms with Crippen molar-refractivity contribution in [2.45, 2.75) is 37.7 Å². The number of amidine groups is 1. The van der Waals surface area contributed by atoms with E-state index in [1.807, 2.05) is 5.32 Å². The molecule has 1 aliphatic heterocycles. The average molecular weight is 789 g/mol. The Bertz CT molecular complexity index is 2080. The molecule has 1 fully saturated rings. The van der Waals surface area contributed by atoms with Crippen LogP contribution >= 0.6 is 22.0 Å². The molecule has 0 spiro atoms. The van der Waals surface area contributed by atoms with Gasteiger partial charge in [-0.1, -0.05) is 37.3 Å². The molecule has 0 unspecified atom stereocenters. The molecule has 0 radical (unpaired) electrons. The normalized spacial score (nSPS) is 16.3. The third kappa shape index (κ3) is 9.02. The van der Waals surface area contributed by atoms with Crippen molar-refractivity contribution >= 4 is 50.5 Å². The lowest BCUT2D eigenvalue weighted by Gasteiger charge is -2.40. The zero-order chi connectivity index (χ0) is 38.5. The maximum Gasteiger partial charge on any atom is 0.418 e. The van der Waals surface area contributed by atoms with Crippen LogP contribution in [0.4, 0.5) is 61.9 Å². The van der Waals surface area contributed by atoms with Gasteiger partial charge in [0.2, 0.25) is 5.91 Å². The van der Waals surface area contributed by atoms with Gasteiger partial charge >= 0.3 is 28.6 Å². The lowest BCUT2D eigenvalue weighted by molar-refractivity contribution is -0.176. The van der Waals surface area contributed by atoms with Crippen molar-refractivity contribution in [3.63, 3.8) is 0 Å². The Morgan fingerprint density at radius 2 is 1.62 bits per heavy atom. The fourth-order valence-electron chi connectivity index (χ4n) is 4.78. The Hall–Kier alpha value is -4.70. The van der Waals surface area contributed by atoms with Gasteiger partial charge in [-0.3, -0.25) is 9.69 Å². The maximum atomic E-state index is 14.2. The Labute approximate surface area is 290 Å². The summed E-state index contributed by atoms with van der Waals surface area (Å²) in [5.41, 5.74) is -1.08. The third-order valence-corrected chi connectivity index (χ3v) is 9.37. The highest BCUT2D eigenvalue weighted by Crippen LogP contribution is 3.02. The summed E-state index contributed by atoms with van der Waals surface area (Å²) in [4.78, 5) is 32.2. The van der Waals surface area contributed by atoms with Crippen molar-refractivity contribution in [2.75, 3.05) is 22.6 Å². The van der Waals surface area contributed by atoms with E-state index >= 15 is 0 Å². The van der Waals surface area contributed by atoms with Crippen LogP contribution < -0.4 is 10.2 Å². The lowest BCUT2D eigenvalue weighted by atomic mass is 10.0. The zero-order valence-electron chi connectivity index (χ0n) is 26.3. The minimum Gasteiger partial charge on any atom is -0.367 e. The van der Waals surface area contributed by atoms with E-state index in [2.05, 4.69) is 15.1 Å². The summed E-state index contributed by atoms with van der Waals surface area (Å²) in [5.74, 6) is -1.20. The van der Waals surface area contributed by atoms with Gasteiger partial charge in [0.05, 0.1) is 35.0 Å². The standard InChI is InChI=1S/C30H23F11N6O3S2/c1-16-9-19(12-50-14-29(31,32)33)24(10-17(16)2)47-25(48)13-51-28(47)44-27(49)43-23-8-3-18(11-22(23)30(34,35)36)26-42-15-46(45-26)20-4-6-21(7-5-20)52(37,38,39,40)41/h3-11,15H,12-14H2,1-2H3,(H,43,49)/b44-28-. The van der Waals surface area contributed by atoms with Gasteiger partial charge in [0.1, 0.15) is 17.8 Å². The number of hydrogen-bond acceptors (Lipinski definition) is 6. The van der Waals surface area contributed by atoms with Gasteiger partial charge in [-0.15, -0.1) is 5.10 Å². The summed E-state index contributed by atoms with van der Waals surface area (Å²) in [6.07, 6.45) is -8.78. The van der Waals surface area contributed by atoms with Crippen molar-refractivity contribution in [1.82, 2.24) is 14.8 Å². The number of alkyl halides is 6. The van der Waals surface area contributed by atoms with Gasteiger partial charge in [-0.2, -0.15) is 31.3 Å². The van der Waals surface area contributed by atoms with Crippen LogP contribution in [0.15, 0.2) is 70.8 Å². The molecule has 1 aliphatic rings. The van der Waals surface area contributed by atoms with E-state index in [-0.39, 0.29) is 51.4 Å². The second kappa shape index (κ2) is 12.8. The monoisotopic (exact) mass is 788 g/mol. The number of urea groups is 1. The first-order chi connectivity index (χ1) is 23.8. The molecule has 5 rings (SSSR count). The van der Waals surface area contributed by atoms with Gasteiger partial charge in [-0.05, 0) is 73.5 Å². The third-order valence-electron chi connectivity index (χ3n) is 7.29. The lowest BCUT2D eigenvalue weighted by Crippen LogP contribution is -2.31. The molecular weight excluding hydrogens is 765 g/mol. The molecule has 0 saturated carbocycles. The number of carbonyl (C=O) groups excluding carboxylic acids is 2. The van der Waals surface area contributed by atoms with Crippen LogP contribution in [-0.4, -0.2) is 50.4 Å². The van der Waals surface area contributed by atoms with Crippen LogP contribution in [0.5, 0.6) is 0 Å². The highest BCUT2D eigenvalue weighted by molar-refractivity contribution is 8.45. The Kier molecular flexibility index (Phi) is 9.45. The topological polar surface area (TPSA) is 102 Å². The quantitative estimate of drug-likeness (QED) is 0.179. The van der Waals surface area contributed by atoms with Crippen LogP contribution in [0.25, 0.3) is 17.1 Å². The molecule has 22 heteroatoms. The van der Waals surface area contributed by atoms with Crippen LogP contribution in [0.3, 0.4) is 0 Å². The van der Waals surface area contributed by atoms with E-state index in [9.17, 15) is 55.4 Å². The molecule has 4 aromatic rings. The SMILES string of the molecule is Cc1cc(COCC(F)(F)F)c(N2C(=O)CS/C2=N\C(=O)Nc2ccc(-c3ncn(-c4ccc(S(F)(F)(F)(F)F)cc4)n3)cc2C(F)(F)F)cc1C. The van der Waals surface area contributed by atoms with Crippen molar-refractivity contribution in [3.05, 3.63) is 83.2 Å². The Morgan fingerprint density at radius 3 is 2.23 bits per heavy atom. The van der Waals surface area contributed by atoms with E-state index in [0.29, 0.717) is 29.3 Å². The van der Waals surface area contributed by atoms with Crippen molar-refractivity contribution < 1.29 is 60.1 Å². The summed E-state index contributed by atoms with van der Waals surface area (Å²) in [6.45, 7) is 1.19. The number of benzene rings is 3. The van der Waals surface area contributed by atoms with Gasteiger partial charge in [0.25, 0.3) is 0 Å². The highest BCUT2D eigenvalue weighted by Gasteiger charge is 2.65. The first-order valence-corrected chi connectivity index (χ1v) is 17.3. The van der Waals surface area contributed by atoms with Crippen LogP contribution in [0.2, 0.25) is 0 Å². The Morgan fingerprint density at radius 1 is 0.962 bits per heavy atom. The summed E-state index contributed by atoms with van der Waals surface area (Å²) in [5, 5.41) is 5.66. The second-order valence-electron chi connectivity index (χ2n) is 11.2. The number of rotatable bonds is 8. The molecule has 52 heavy (non-hydrogen) atoms. The van der Waals surface area contributed by atoms with E-state index in [1.165, 1.54) is 12.1 Å². The van der Waals surface area contributed by atoms with E-state index in [4.69, 9.17) is 4.74 Å². The first kappa shape index (κ1) is 38.5. The van der Waals surface area contributed by atoms with Gasteiger partial charge in [0.15, 0.2) is 11.0 Å². The number of anilines is 2. The zero-order valence-corrected chi connectivity index (χ0v) is 28.0. The van der Waals surface area contributed by atoms with E-state index in [0.717, 1.165) is 39.8 Å². The fourth-order valence-corrected chi connectivity index (χ4v) is 6.28. The van der Waals surface area contributed by atoms with Crippen LogP contribution in [0, 0.1) is 13.8 Å². The molecular formula is C30H23F11N6O3S2. The highest BCUT2D eigenvalue weighted by atomic mass is 32.5.